The molecule has 0 fully saturated rings. The number of carbonyl (C=O) groups is 2. The Morgan fingerprint density at radius 2 is 1.95 bits per heavy atom. The molecule has 2 aromatic rings. The van der Waals surface area contributed by atoms with E-state index in [1.54, 1.807) is 11.4 Å². The molecule has 0 atom stereocenters. The summed E-state index contributed by atoms with van der Waals surface area (Å²) in [5.41, 5.74) is 0.772. The van der Waals surface area contributed by atoms with Crippen LogP contribution in [0.4, 0.5) is 15.5 Å². The van der Waals surface area contributed by atoms with Crippen molar-refractivity contribution in [2.75, 3.05) is 16.9 Å². The van der Waals surface area contributed by atoms with Gasteiger partial charge in [0.05, 0.1) is 11.3 Å². The molecule has 1 aromatic heterocycles. The standard InChI is InChI=1S/C13H12N2O3S2/c1-19-10-5-3-2-4-9(10)14-13(18)15-11-8(12(16)17)6-7-20-11/h2-7H,1H3,(H,16,17)(H2,14,15,18). The lowest BCUT2D eigenvalue weighted by molar-refractivity contribution is 0.0698. The Balaban J connectivity index is 2.09. The van der Waals surface area contributed by atoms with E-state index in [1.165, 1.54) is 29.2 Å². The Labute approximate surface area is 124 Å². The highest BCUT2D eigenvalue weighted by molar-refractivity contribution is 7.98. The number of nitrogens with one attached hydrogen (secondary N) is 2. The van der Waals surface area contributed by atoms with Crippen LogP contribution in [0.5, 0.6) is 0 Å². The van der Waals surface area contributed by atoms with Crippen LogP contribution in [0.2, 0.25) is 0 Å². The van der Waals surface area contributed by atoms with Gasteiger partial charge in [-0.05, 0) is 29.8 Å². The van der Waals surface area contributed by atoms with Gasteiger partial charge < -0.3 is 10.4 Å². The first kappa shape index (κ1) is 14.4. The summed E-state index contributed by atoms with van der Waals surface area (Å²) in [6.45, 7) is 0. The summed E-state index contributed by atoms with van der Waals surface area (Å²) >= 11 is 2.69. The molecule has 5 nitrogen and oxygen atoms in total. The molecule has 7 heteroatoms. The number of carboxylic acids is 1. The highest BCUT2D eigenvalue weighted by atomic mass is 32.2. The van der Waals surface area contributed by atoms with Gasteiger partial charge >= 0.3 is 12.0 Å². The second-order valence-corrected chi connectivity index (χ2v) is 5.51. The average Bonchev–Trinajstić information content (AvgIpc) is 2.87. The fourth-order valence-corrected chi connectivity index (χ4v) is 2.91. The number of anilines is 2. The van der Waals surface area contributed by atoms with Gasteiger partial charge in [-0.2, -0.15) is 0 Å². The zero-order chi connectivity index (χ0) is 14.5. The number of aromatic carboxylic acids is 1. The number of amides is 2. The van der Waals surface area contributed by atoms with Gasteiger partial charge in [0.1, 0.15) is 5.00 Å². The van der Waals surface area contributed by atoms with E-state index in [-0.39, 0.29) is 5.56 Å². The molecule has 0 aliphatic heterocycles. The first-order valence-electron chi connectivity index (χ1n) is 5.63. The van der Waals surface area contributed by atoms with Crippen molar-refractivity contribution in [1.82, 2.24) is 0 Å². The third-order valence-corrected chi connectivity index (χ3v) is 4.10. The zero-order valence-corrected chi connectivity index (χ0v) is 12.2. The highest BCUT2D eigenvalue weighted by Gasteiger charge is 2.14. The summed E-state index contributed by atoms with van der Waals surface area (Å²) in [5, 5.41) is 16.2. The fraction of sp³-hybridized carbons (Fsp3) is 0.0769. The number of thioether (sulfide) groups is 1. The normalized spacial score (nSPS) is 10.1. The van der Waals surface area contributed by atoms with Crippen LogP contribution in [0.3, 0.4) is 0 Å². The molecular weight excluding hydrogens is 296 g/mol. The fourth-order valence-electron chi connectivity index (χ4n) is 1.58. The molecule has 0 saturated heterocycles. The molecule has 2 amide bonds. The molecule has 1 heterocycles. The Morgan fingerprint density at radius 1 is 1.20 bits per heavy atom. The maximum Gasteiger partial charge on any atom is 0.338 e. The Bertz CT molecular complexity index is 640. The van der Waals surface area contributed by atoms with E-state index < -0.39 is 12.0 Å². The first-order chi connectivity index (χ1) is 9.61. The number of carbonyl (C=O) groups excluding carboxylic acids is 1. The third-order valence-electron chi connectivity index (χ3n) is 2.48. The van der Waals surface area contributed by atoms with Gasteiger partial charge in [-0.3, -0.25) is 5.32 Å². The van der Waals surface area contributed by atoms with Crippen molar-refractivity contribution < 1.29 is 14.7 Å². The largest absolute Gasteiger partial charge is 0.478 e. The van der Waals surface area contributed by atoms with Crippen LogP contribution in [0.25, 0.3) is 0 Å². The predicted molar refractivity (Wildman–Crippen MR) is 82.1 cm³/mol. The summed E-state index contributed by atoms with van der Waals surface area (Å²) < 4.78 is 0. The summed E-state index contributed by atoms with van der Waals surface area (Å²) in [7, 11) is 0. The molecule has 104 valence electrons. The van der Waals surface area contributed by atoms with E-state index in [1.807, 2.05) is 24.5 Å². The van der Waals surface area contributed by atoms with Crippen LogP contribution in [0.15, 0.2) is 40.6 Å². The van der Waals surface area contributed by atoms with Gasteiger partial charge in [-0.15, -0.1) is 23.1 Å². The predicted octanol–water partition coefficient (Wildman–Crippen LogP) is 3.81. The number of para-hydroxylation sites is 1. The smallest absolute Gasteiger partial charge is 0.338 e. The quantitative estimate of drug-likeness (QED) is 0.750. The summed E-state index contributed by atoms with van der Waals surface area (Å²) in [6.07, 6.45) is 1.92. The minimum absolute atomic E-state index is 0.0864. The number of thiophene rings is 1. The summed E-state index contributed by atoms with van der Waals surface area (Å²) in [5.74, 6) is -1.06. The van der Waals surface area contributed by atoms with E-state index in [0.717, 1.165) is 4.90 Å². The summed E-state index contributed by atoms with van der Waals surface area (Å²) in [6, 6.07) is 8.39. The minimum atomic E-state index is -1.06. The number of rotatable bonds is 4. The molecule has 0 aliphatic carbocycles. The molecule has 0 radical (unpaired) electrons. The van der Waals surface area contributed by atoms with E-state index in [9.17, 15) is 9.59 Å². The molecule has 20 heavy (non-hydrogen) atoms. The topological polar surface area (TPSA) is 78.4 Å². The van der Waals surface area contributed by atoms with Gasteiger partial charge in [0, 0.05) is 4.90 Å². The molecule has 0 spiro atoms. The molecule has 0 aliphatic rings. The Kier molecular flexibility index (Phi) is 4.65. The molecule has 2 rings (SSSR count). The van der Waals surface area contributed by atoms with Crippen LogP contribution in [-0.2, 0) is 0 Å². The number of benzene rings is 1. The monoisotopic (exact) mass is 308 g/mol. The van der Waals surface area contributed by atoms with E-state index in [4.69, 9.17) is 5.11 Å². The summed E-state index contributed by atoms with van der Waals surface area (Å²) in [4.78, 5) is 23.8. The Hall–Kier alpha value is -1.99. The van der Waals surface area contributed by atoms with Crippen LogP contribution >= 0.6 is 23.1 Å². The molecule has 0 unspecified atom stereocenters. The van der Waals surface area contributed by atoms with Gasteiger partial charge in [-0.25, -0.2) is 9.59 Å². The van der Waals surface area contributed by atoms with Crippen molar-refractivity contribution in [2.24, 2.45) is 0 Å². The van der Waals surface area contributed by atoms with Crippen LogP contribution in [0, 0.1) is 0 Å². The molecule has 3 N–H and O–H groups in total. The van der Waals surface area contributed by atoms with Crippen LogP contribution in [-0.4, -0.2) is 23.4 Å². The maximum absolute atomic E-state index is 11.9. The number of urea groups is 1. The highest BCUT2D eigenvalue weighted by Crippen LogP contribution is 2.26. The second-order valence-electron chi connectivity index (χ2n) is 3.75. The van der Waals surface area contributed by atoms with Gasteiger partial charge in [0.15, 0.2) is 0 Å². The van der Waals surface area contributed by atoms with Gasteiger partial charge in [0.25, 0.3) is 0 Å². The van der Waals surface area contributed by atoms with Crippen molar-refractivity contribution in [3.8, 4) is 0 Å². The molecule has 1 aromatic carbocycles. The SMILES string of the molecule is CSc1ccccc1NC(=O)Nc1sccc1C(=O)O. The second kappa shape index (κ2) is 6.44. The van der Waals surface area contributed by atoms with Gasteiger partial charge in [0.2, 0.25) is 0 Å². The molecule has 0 bridgehead atoms. The molecular formula is C13H12N2O3S2. The van der Waals surface area contributed by atoms with E-state index >= 15 is 0 Å². The molecule has 0 saturated carbocycles. The van der Waals surface area contributed by atoms with E-state index in [2.05, 4.69) is 10.6 Å². The van der Waals surface area contributed by atoms with E-state index in [0.29, 0.717) is 10.7 Å². The number of carboxylic acid groups (broad SMARTS) is 1. The lowest BCUT2D eigenvalue weighted by atomic mass is 10.3. The van der Waals surface area contributed by atoms with Crippen molar-refractivity contribution in [1.29, 1.82) is 0 Å². The number of hydrogen-bond donors (Lipinski definition) is 3. The van der Waals surface area contributed by atoms with Crippen molar-refractivity contribution in [3.05, 3.63) is 41.3 Å². The van der Waals surface area contributed by atoms with Crippen molar-refractivity contribution in [2.45, 2.75) is 4.90 Å². The van der Waals surface area contributed by atoms with Gasteiger partial charge in [-0.1, -0.05) is 12.1 Å². The third kappa shape index (κ3) is 3.31. The van der Waals surface area contributed by atoms with Crippen LogP contribution in [0.1, 0.15) is 10.4 Å². The van der Waals surface area contributed by atoms with Crippen molar-refractivity contribution in [3.63, 3.8) is 0 Å². The minimum Gasteiger partial charge on any atom is -0.478 e. The lowest BCUT2D eigenvalue weighted by Crippen LogP contribution is -2.20. The Morgan fingerprint density at radius 3 is 2.65 bits per heavy atom. The lowest BCUT2D eigenvalue weighted by Gasteiger charge is -2.10. The first-order valence-corrected chi connectivity index (χ1v) is 7.74. The van der Waals surface area contributed by atoms with Crippen molar-refractivity contribution >= 4 is 45.8 Å². The maximum atomic E-state index is 11.9. The van der Waals surface area contributed by atoms with Crippen LogP contribution < -0.4 is 10.6 Å². The number of hydrogen-bond acceptors (Lipinski definition) is 4. The zero-order valence-electron chi connectivity index (χ0n) is 10.5. The average molecular weight is 308 g/mol.